The van der Waals surface area contributed by atoms with Crippen LogP contribution in [0.1, 0.15) is 25.0 Å². The van der Waals surface area contributed by atoms with Crippen molar-refractivity contribution < 1.29 is 9.53 Å². The van der Waals surface area contributed by atoms with Crippen LogP contribution in [0.25, 0.3) is 0 Å². The molecule has 3 heteroatoms. The highest BCUT2D eigenvalue weighted by Gasteiger charge is 2.19. The average Bonchev–Trinajstić information content (AvgIpc) is 2.21. The topological polar surface area (TPSA) is 26.3 Å². The fraction of sp³-hybridized carbons (Fsp3) is 0.364. The Morgan fingerprint density at radius 2 is 2.14 bits per heavy atom. The predicted octanol–water partition coefficient (Wildman–Crippen LogP) is 3.01. The Labute approximate surface area is 88.8 Å². The summed E-state index contributed by atoms with van der Waals surface area (Å²) >= 11 is 5.97. The summed E-state index contributed by atoms with van der Waals surface area (Å²) in [6, 6.07) is 7.24. The lowest BCUT2D eigenvalue weighted by Gasteiger charge is -2.14. The predicted molar refractivity (Wildman–Crippen MR) is 56.5 cm³/mol. The van der Waals surface area contributed by atoms with Gasteiger partial charge in [0.05, 0.1) is 0 Å². The number of hydrogen-bond acceptors (Lipinski definition) is 2. The first-order valence-corrected chi connectivity index (χ1v) is 4.88. The second kappa shape index (κ2) is 5.13. The number of methoxy groups -OCH3 is 1. The molecule has 2 nitrogen and oxygen atoms in total. The van der Waals surface area contributed by atoms with Crippen molar-refractivity contribution in [2.24, 2.45) is 0 Å². The minimum atomic E-state index is -0.534. The third-order valence-electron chi connectivity index (χ3n) is 2.06. The summed E-state index contributed by atoms with van der Waals surface area (Å²) in [5.41, 5.74) is 0.739. The van der Waals surface area contributed by atoms with E-state index in [1.807, 2.05) is 25.1 Å². The van der Waals surface area contributed by atoms with Crippen LogP contribution >= 0.6 is 11.6 Å². The minimum absolute atomic E-state index is 0.0422. The van der Waals surface area contributed by atoms with Gasteiger partial charge in [-0.3, -0.25) is 4.79 Å². The molecule has 1 atom stereocenters. The van der Waals surface area contributed by atoms with Gasteiger partial charge in [0.2, 0.25) is 0 Å². The number of rotatable bonds is 4. The van der Waals surface area contributed by atoms with Gasteiger partial charge in [0.15, 0.2) is 5.78 Å². The van der Waals surface area contributed by atoms with Gasteiger partial charge in [0.1, 0.15) is 6.10 Å². The third kappa shape index (κ3) is 2.34. The number of benzene rings is 1. The van der Waals surface area contributed by atoms with Crippen molar-refractivity contribution in [3.05, 3.63) is 34.9 Å². The Balaban J connectivity index is 3.01. The smallest absolute Gasteiger partial charge is 0.165 e. The molecule has 0 N–H and O–H groups in total. The highest BCUT2D eigenvalue weighted by atomic mass is 35.5. The van der Waals surface area contributed by atoms with Crippen LogP contribution in [0.15, 0.2) is 24.3 Å². The molecule has 76 valence electrons. The van der Waals surface area contributed by atoms with E-state index in [4.69, 9.17) is 16.3 Å². The number of carbonyl (C=O) groups excluding carboxylic acids is 1. The van der Waals surface area contributed by atoms with Crippen molar-refractivity contribution in [1.29, 1.82) is 0 Å². The molecule has 0 spiro atoms. The van der Waals surface area contributed by atoms with Crippen molar-refractivity contribution in [3.8, 4) is 0 Å². The molecule has 0 fully saturated rings. The molecule has 1 rings (SSSR count). The fourth-order valence-corrected chi connectivity index (χ4v) is 1.54. The quantitative estimate of drug-likeness (QED) is 0.767. The number of halogens is 1. The zero-order chi connectivity index (χ0) is 10.6. The standard InChI is InChI=1S/C11H13ClO2/c1-3-10(13)11(14-2)8-6-4-5-7-9(8)12/h4-7,11H,3H2,1-2H3. The monoisotopic (exact) mass is 212 g/mol. The average molecular weight is 213 g/mol. The summed E-state index contributed by atoms with van der Waals surface area (Å²) in [5, 5.41) is 0.571. The van der Waals surface area contributed by atoms with Crippen molar-refractivity contribution in [3.63, 3.8) is 0 Å². The van der Waals surface area contributed by atoms with Crippen LogP contribution < -0.4 is 0 Å². The highest BCUT2D eigenvalue weighted by Crippen LogP contribution is 2.26. The molecule has 0 saturated carbocycles. The molecule has 14 heavy (non-hydrogen) atoms. The lowest BCUT2D eigenvalue weighted by atomic mass is 10.0. The first kappa shape index (κ1) is 11.2. The van der Waals surface area contributed by atoms with Gasteiger partial charge in [-0.05, 0) is 6.07 Å². The summed E-state index contributed by atoms with van der Waals surface area (Å²) in [4.78, 5) is 11.5. The van der Waals surface area contributed by atoms with E-state index in [2.05, 4.69) is 0 Å². The molecule has 1 aromatic rings. The van der Waals surface area contributed by atoms with Crippen molar-refractivity contribution >= 4 is 17.4 Å². The zero-order valence-electron chi connectivity index (χ0n) is 8.29. The van der Waals surface area contributed by atoms with Crippen LogP contribution in [0.3, 0.4) is 0 Å². The number of Topliss-reactive ketones (excluding diaryl/α,β-unsaturated/α-hetero) is 1. The molecule has 0 heterocycles. The number of hydrogen-bond donors (Lipinski definition) is 0. The van der Waals surface area contributed by atoms with E-state index < -0.39 is 6.10 Å². The molecule has 1 unspecified atom stereocenters. The van der Waals surface area contributed by atoms with E-state index in [1.54, 1.807) is 6.07 Å². The maximum Gasteiger partial charge on any atom is 0.165 e. The lowest BCUT2D eigenvalue weighted by Crippen LogP contribution is -2.13. The molecule has 1 aromatic carbocycles. The molecule has 0 bridgehead atoms. The molecule has 0 amide bonds. The molecule has 0 radical (unpaired) electrons. The Bertz CT molecular complexity index is 323. The summed E-state index contributed by atoms with van der Waals surface area (Å²) in [6.45, 7) is 1.81. The van der Waals surface area contributed by atoms with E-state index in [1.165, 1.54) is 7.11 Å². The normalized spacial score (nSPS) is 12.5. The van der Waals surface area contributed by atoms with Crippen molar-refractivity contribution in [2.75, 3.05) is 7.11 Å². The van der Waals surface area contributed by atoms with Crippen LogP contribution in [0.2, 0.25) is 5.02 Å². The maximum absolute atomic E-state index is 11.5. The van der Waals surface area contributed by atoms with Crippen LogP contribution in [-0.2, 0) is 9.53 Å². The van der Waals surface area contributed by atoms with E-state index in [0.29, 0.717) is 11.4 Å². The zero-order valence-corrected chi connectivity index (χ0v) is 9.04. The number of carbonyl (C=O) groups is 1. The van der Waals surface area contributed by atoms with E-state index in [0.717, 1.165) is 5.56 Å². The van der Waals surface area contributed by atoms with E-state index in [-0.39, 0.29) is 5.78 Å². The summed E-state index contributed by atoms with van der Waals surface area (Å²) in [5.74, 6) is 0.0422. The second-order valence-electron chi connectivity index (χ2n) is 2.96. The maximum atomic E-state index is 11.5. The first-order valence-electron chi connectivity index (χ1n) is 4.50. The van der Waals surface area contributed by atoms with Crippen molar-refractivity contribution in [1.82, 2.24) is 0 Å². The minimum Gasteiger partial charge on any atom is -0.369 e. The van der Waals surface area contributed by atoms with Gasteiger partial charge < -0.3 is 4.74 Å². The SMILES string of the molecule is CCC(=O)C(OC)c1ccccc1Cl. The van der Waals surface area contributed by atoms with Gasteiger partial charge in [-0.2, -0.15) is 0 Å². The van der Waals surface area contributed by atoms with Gasteiger partial charge in [-0.1, -0.05) is 36.7 Å². The van der Waals surface area contributed by atoms with Crippen LogP contribution in [-0.4, -0.2) is 12.9 Å². The van der Waals surface area contributed by atoms with Crippen molar-refractivity contribution in [2.45, 2.75) is 19.4 Å². The molecule has 0 aromatic heterocycles. The van der Waals surface area contributed by atoms with Gasteiger partial charge in [0.25, 0.3) is 0 Å². The fourth-order valence-electron chi connectivity index (χ4n) is 1.30. The largest absolute Gasteiger partial charge is 0.369 e. The first-order chi connectivity index (χ1) is 6.70. The van der Waals surface area contributed by atoms with E-state index in [9.17, 15) is 4.79 Å². The van der Waals surface area contributed by atoms with Gasteiger partial charge in [-0.25, -0.2) is 0 Å². The van der Waals surface area contributed by atoms with Crippen LogP contribution in [0, 0.1) is 0 Å². The molecular weight excluding hydrogens is 200 g/mol. The molecule has 0 aliphatic rings. The molecule has 0 aliphatic heterocycles. The Morgan fingerprint density at radius 3 is 2.64 bits per heavy atom. The molecule has 0 aliphatic carbocycles. The summed E-state index contributed by atoms with van der Waals surface area (Å²) in [6.07, 6.45) is -0.0855. The summed E-state index contributed by atoms with van der Waals surface area (Å²) < 4.78 is 5.14. The van der Waals surface area contributed by atoms with Crippen LogP contribution in [0.4, 0.5) is 0 Å². The molecular formula is C11H13ClO2. The Morgan fingerprint density at radius 1 is 1.50 bits per heavy atom. The third-order valence-corrected chi connectivity index (χ3v) is 2.41. The van der Waals surface area contributed by atoms with E-state index >= 15 is 0 Å². The number of ketones is 1. The Hall–Kier alpha value is -0.860. The summed E-state index contributed by atoms with van der Waals surface area (Å²) in [7, 11) is 1.52. The van der Waals surface area contributed by atoms with Gasteiger partial charge >= 0.3 is 0 Å². The van der Waals surface area contributed by atoms with Gasteiger partial charge in [-0.15, -0.1) is 0 Å². The second-order valence-corrected chi connectivity index (χ2v) is 3.36. The van der Waals surface area contributed by atoms with Gasteiger partial charge in [0, 0.05) is 24.1 Å². The molecule has 0 saturated heterocycles. The Kier molecular flexibility index (Phi) is 4.11. The van der Waals surface area contributed by atoms with Crippen LogP contribution in [0.5, 0.6) is 0 Å². The number of ether oxygens (including phenoxy) is 1. The lowest BCUT2D eigenvalue weighted by molar-refractivity contribution is -0.128. The highest BCUT2D eigenvalue weighted by molar-refractivity contribution is 6.31.